The van der Waals surface area contributed by atoms with Crippen molar-refractivity contribution < 1.29 is 24.2 Å². The largest absolute Gasteiger partial charge is 0.507 e. The summed E-state index contributed by atoms with van der Waals surface area (Å²) in [6, 6.07) is 12.9. The summed E-state index contributed by atoms with van der Waals surface area (Å²) in [5.41, 5.74) is 0.258. The Hall–Kier alpha value is -2.99. The maximum absolute atomic E-state index is 14.3. The average Bonchev–Trinajstić information content (AvgIpc) is 2.87. The molecule has 1 atom stereocenters. The number of halogens is 1. The van der Waals surface area contributed by atoms with Crippen LogP contribution >= 0.6 is 0 Å². The predicted octanol–water partition coefficient (Wildman–Crippen LogP) is 2.24. The Morgan fingerprint density at radius 1 is 1.04 bits per heavy atom. The highest BCUT2D eigenvalue weighted by atomic mass is 19.1. The summed E-state index contributed by atoms with van der Waals surface area (Å²) >= 11 is 0. The second-order valence-corrected chi connectivity index (χ2v) is 5.60. The van der Waals surface area contributed by atoms with Gasteiger partial charge in [-0.1, -0.05) is 48.5 Å². The van der Waals surface area contributed by atoms with Crippen LogP contribution in [0.3, 0.4) is 0 Å². The van der Waals surface area contributed by atoms with Gasteiger partial charge < -0.3 is 15.1 Å². The van der Waals surface area contributed by atoms with E-state index in [0.29, 0.717) is 5.56 Å². The quantitative estimate of drug-likeness (QED) is 0.508. The Bertz CT molecular complexity index is 848. The summed E-state index contributed by atoms with van der Waals surface area (Å²) in [5, 5.41) is 19.8. The van der Waals surface area contributed by atoms with Gasteiger partial charge in [-0.25, -0.2) is 4.39 Å². The number of carbonyl (C=O) groups is 2. The molecule has 1 heterocycles. The lowest BCUT2D eigenvalue weighted by molar-refractivity contribution is -0.140. The van der Waals surface area contributed by atoms with E-state index in [1.165, 1.54) is 18.2 Å². The summed E-state index contributed by atoms with van der Waals surface area (Å²) in [6.45, 7) is -0.529. The van der Waals surface area contributed by atoms with Crippen molar-refractivity contribution in [1.82, 2.24) is 4.90 Å². The van der Waals surface area contributed by atoms with Crippen molar-refractivity contribution in [1.29, 1.82) is 0 Å². The van der Waals surface area contributed by atoms with Gasteiger partial charge in [0.25, 0.3) is 11.7 Å². The minimum absolute atomic E-state index is 0.0904. The lowest BCUT2D eigenvalue weighted by atomic mass is 9.95. The monoisotopic (exact) mass is 341 g/mol. The minimum atomic E-state index is -1.09. The van der Waals surface area contributed by atoms with Crippen molar-refractivity contribution in [2.24, 2.45) is 0 Å². The summed E-state index contributed by atoms with van der Waals surface area (Å²) in [5.74, 6) is -2.74. The van der Waals surface area contributed by atoms with Crippen LogP contribution in [0.2, 0.25) is 0 Å². The zero-order valence-corrected chi connectivity index (χ0v) is 13.2. The number of aliphatic hydroxyl groups excluding tert-OH is 2. The first-order valence-corrected chi connectivity index (χ1v) is 7.75. The van der Waals surface area contributed by atoms with Gasteiger partial charge in [0, 0.05) is 17.7 Å². The molecule has 0 aliphatic carbocycles. The van der Waals surface area contributed by atoms with Crippen LogP contribution in [-0.2, 0) is 9.59 Å². The number of rotatable bonds is 4. The first-order valence-electron chi connectivity index (χ1n) is 7.75. The molecule has 1 fully saturated rings. The molecule has 0 spiro atoms. The van der Waals surface area contributed by atoms with Crippen LogP contribution in [0, 0.1) is 5.82 Å². The Balaban J connectivity index is 2.22. The van der Waals surface area contributed by atoms with Gasteiger partial charge in [-0.3, -0.25) is 9.59 Å². The molecule has 0 aromatic heterocycles. The van der Waals surface area contributed by atoms with Crippen molar-refractivity contribution in [3.63, 3.8) is 0 Å². The minimum Gasteiger partial charge on any atom is -0.507 e. The fourth-order valence-electron chi connectivity index (χ4n) is 2.99. The van der Waals surface area contributed by atoms with Crippen molar-refractivity contribution in [3.05, 3.63) is 77.1 Å². The van der Waals surface area contributed by atoms with E-state index >= 15 is 0 Å². The molecule has 6 heteroatoms. The summed E-state index contributed by atoms with van der Waals surface area (Å²) in [7, 11) is 0. The number of nitrogens with zero attached hydrogens (tertiary/aromatic N) is 1. The second-order valence-electron chi connectivity index (χ2n) is 5.60. The number of ketones is 1. The Labute approximate surface area is 143 Å². The number of aliphatic hydroxyl groups is 2. The normalized spacial score (nSPS) is 19.4. The molecule has 0 saturated carbocycles. The highest BCUT2D eigenvalue weighted by Gasteiger charge is 2.46. The van der Waals surface area contributed by atoms with E-state index in [0.717, 1.165) is 4.90 Å². The molecular weight excluding hydrogens is 325 g/mol. The first kappa shape index (κ1) is 16.9. The Morgan fingerprint density at radius 2 is 1.68 bits per heavy atom. The average molecular weight is 341 g/mol. The lowest BCUT2D eigenvalue weighted by Crippen LogP contribution is -2.32. The van der Waals surface area contributed by atoms with Crippen LogP contribution in [0.15, 0.2) is 60.2 Å². The van der Waals surface area contributed by atoms with Crippen LogP contribution in [0.25, 0.3) is 5.76 Å². The molecule has 0 radical (unpaired) electrons. The molecule has 2 N–H and O–H groups in total. The zero-order chi connectivity index (χ0) is 18.0. The second kappa shape index (κ2) is 6.86. The third-order valence-electron chi connectivity index (χ3n) is 4.13. The first-order chi connectivity index (χ1) is 12.1. The molecule has 0 bridgehead atoms. The number of hydrogen-bond donors (Lipinski definition) is 2. The summed E-state index contributed by atoms with van der Waals surface area (Å²) in [4.78, 5) is 25.9. The van der Waals surface area contributed by atoms with Crippen LogP contribution < -0.4 is 0 Å². The molecule has 1 saturated heterocycles. The van der Waals surface area contributed by atoms with Crippen molar-refractivity contribution in [2.45, 2.75) is 6.04 Å². The fourth-order valence-corrected chi connectivity index (χ4v) is 2.99. The van der Waals surface area contributed by atoms with E-state index in [9.17, 15) is 24.2 Å². The van der Waals surface area contributed by atoms with Gasteiger partial charge in [0.2, 0.25) is 0 Å². The Kier molecular flexibility index (Phi) is 4.63. The van der Waals surface area contributed by atoms with E-state index in [2.05, 4.69) is 0 Å². The number of benzene rings is 2. The topological polar surface area (TPSA) is 77.8 Å². The maximum Gasteiger partial charge on any atom is 0.295 e. The van der Waals surface area contributed by atoms with Crippen LogP contribution in [-0.4, -0.2) is 40.0 Å². The molecule has 25 heavy (non-hydrogen) atoms. The van der Waals surface area contributed by atoms with Crippen LogP contribution in [0.1, 0.15) is 17.2 Å². The third kappa shape index (κ3) is 2.92. The number of hydrogen-bond acceptors (Lipinski definition) is 4. The molecule has 1 aliphatic heterocycles. The van der Waals surface area contributed by atoms with E-state index in [4.69, 9.17) is 0 Å². The molecule has 128 valence electrons. The predicted molar refractivity (Wildman–Crippen MR) is 88.9 cm³/mol. The van der Waals surface area contributed by atoms with Gasteiger partial charge in [0.15, 0.2) is 0 Å². The van der Waals surface area contributed by atoms with Crippen molar-refractivity contribution >= 4 is 17.4 Å². The van der Waals surface area contributed by atoms with Gasteiger partial charge in [0.05, 0.1) is 18.2 Å². The van der Waals surface area contributed by atoms with Crippen molar-refractivity contribution in [3.8, 4) is 0 Å². The number of β-amino-alcohol motifs (C(OH)–C–C–N with tert-alkyl or cyclic N) is 1. The number of likely N-dealkylation sites (tertiary alicyclic amines) is 1. The zero-order valence-electron chi connectivity index (χ0n) is 13.2. The number of amides is 1. The molecule has 3 rings (SSSR count). The lowest BCUT2D eigenvalue weighted by Gasteiger charge is -2.24. The van der Waals surface area contributed by atoms with Crippen LogP contribution in [0.5, 0.6) is 0 Å². The summed E-state index contributed by atoms with van der Waals surface area (Å²) < 4.78 is 14.3. The van der Waals surface area contributed by atoms with Crippen LogP contribution in [0.4, 0.5) is 4.39 Å². The molecule has 0 unspecified atom stereocenters. The molecule has 1 aliphatic rings. The molecular formula is C19H16FNO4. The molecule has 1 amide bonds. The van der Waals surface area contributed by atoms with E-state index in [-0.39, 0.29) is 30.0 Å². The van der Waals surface area contributed by atoms with Gasteiger partial charge in [0.1, 0.15) is 11.6 Å². The fraction of sp³-hybridized carbons (Fsp3) is 0.158. The van der Waals surface area contributed by atoms with E-state index in [1.54, 1.807) is 36.4 Å². The highest BCUT2D eigenvalue weighted by Crippen LogP contribution is 2.39. The smallest absolute Gasteiger partial charge is 0.295 e. The highest BCUT2D eigenvalue weighted by molar-refractivity contribution is 6.46. The van der Waals surface area contributed by atoms with E-state index < -0.39 is 23.5 Å². The molecule has 2 aromatic carbocycles. The Morgan fingerprint density at radius 3 is 2.32 bits per heavy atom. The standard InChI is InChI=1S/C19H16FNO4/c20-14-9-5-4-8-13(14)16-15(17(23)12-6-2-1-3-7-12)18(24)19(25)21(16)10-11-22/h1-9,16,22-23H,10-11H2/t16-/m0/s1. The van der Waals surface area contributed by atoms with Crippen molar-refractivity contribution in [2.75, 3.05) is 13.2 Å². The van der Waals surface area contributed by atoms with Gasteiger partial charge in [-0.05, 0) is 6.07 Å². The van der Waals surface area contributed by atoms with Gasteiger partial charge >= 0.3 is 0 Å². The number of Topliss-reactive ketones (excluding diaryl/α,β-unsaturated/α-hetero) is 1. The maximum atomic E-state index is 14.3. The van der Waals surface area contributed by atoms with Gasteiger partial charge in [-0.2, -0.15) is 0 Å². The third-order valence-corrected chi connectivity index (χ3v) is 4.13. The van der Waals surface area contributed by atoms with Gasteiger partial charge in [-0.15, -0.1) is 0 Å². The summed E-state index contributed by atoms with van der Waals surface area (Å²) in [6.07, 6.45) is 0. The molecule has 2 aromatic rings. The SMILES string of the molecule is O=C1C(=O)N(CCO)[C@@H](c2ccccc2F)C1=C(O)c1ccccc1. The van der Waals surface area contributed by atoms with E-state index in [1.807, 2.05) is 0 Å². The molecule has 5 nitrogen and oxygen atoms in total. The number of carbonyl (C=O) groups excluding carboxylic acids is 2.